The summed E-state index contributed by atoms with van der Waals surface area (Å²) < 4.78 is 0. The summed E-state index contributed by atoms with van der Waals surface area (Å²) in [6, 6.07) is 3.34. The molecule has 1 atom stereocenters. The summed E-state index contributed by atoms with van der Waals surface area (Å²) in [7, 11) is 0. The van der Waals surface area contributed by atoms with Crippen molar-refractivity contribution < 1.29 is 5.11 Å². The summed E-state index contributed by atoms with van der Waals surface area (Å²) in [5, 5.41) is 13.4. The first-order valence-electron chi connectivity index (χ1n) is 6.34. The first-order valence-corrected chi connectivity index (χ1v) is 6.34. The third-order valence-corrected chi connectivity index (χ3v) is 3.48. The molecule has 1 aliphatic rings. The lowest BCUT2D eigenvalue weighted by molar-refractivity contribution is 0.164. The van der Waals surface area contributed by atoms with E-state index in [1.807, 2.05) is 0 Å². The van der Waals surface area contributed by atoms with Gasteiger partial charge in [-0.1, -0.05) is 0 Å². The van der Waals surface area contributed by atoms with Crippen molar-refractivity contribution in [1.29, 1.82) is 0 Å². The van der Waals surface area contributed by atoms with Crippen molar-refractivity contribution in [2.45, 2.75) is 18.9 Å². The highest BCUT2D eigenvalue weighted by Crippen LogP contribution is 2.33. The Kier molecular flexibility index (Phi) is 2.87. The first-order chi connectivity index (χ1) is 9.15. The molecule has 0 spiro atoms. The number of aromatic amines is 1. The molecule has 1 fully saturated rings. The summed E-state index contributed by atoms with van der Waals surface area (Å²) in [4.78, 5) is 18.2. The Hall–Kier alpha value is -2.08. The maximum absolute atomic E-state index is 11.6. The molecule has 5 N–H and O–H groups in total. The van der Waals surface area contributed by atoms with Crippen molar-refractivity contribution in [1.82, 2.24) is 9.97 Å². The minimum atomic E-state index is -0.345. The zero-order valence-corrected chi connectivity index (χ0v) is 10.4. The number of hydrogen-bond donors (Lipinski definition) is 4. The van der Waals surface area contributed by atoms with Crippen molar-refractivity contribution in [3.8, 4) is 0 Å². The van der Waals surface area contributed by atoms with Gasteiger partial charge in [0.2, 0.25) is 0 Å². The van der Waals surface area contributed by atoms with Gasteiger partial charge < -0.3 is 21.1 Å². The third-order valence-electron chi connectivity index (χ3n) is 3.48. The number of anilines is 2. The SMILES string of the molecule is Nc1cc2c(=O)[nH]cnc2cc1NCC(O)C1CC1. The van der Waals surface area contributed by atoms with Gasteiger partial charge in [-0.05, 0) is 30.9 Å². The molecule has 0 amide bonds. The second-order valence-electron chi connectivity index (χ2n) is 4.97. The van der Waals surface area contributed by atoms with E-state index in [2.05, 4.69) is 15.3 Å². The van der Waals surface area contributed by atoms with Gasteiger partial charge in [0.1, 0.15) is 0 Å². The molecular formula is C13H16N4O2. The van der Waals surface area contributed by atoms with Gasteiger partial charge in [-0.25, -0.2) is 4.98 Å². The van der Waals surface area contributed by atoms with Gasteiger partial charge >= 0.3 is 0 Å². The number of aromatic nitrogens is 2. The molecular weight excluding hydrogens is 244 g/mol. The van der Waals surface area contributed by atoms with E-state index < -0.39 is 0 Å². The maximum atomic E-state index is 11.6. The topological polar surface area (TPSA) is 104 Å². The normalized spacial score (nSPS) is 16.5. The quantitative estimate of drug-likeness (QED) is 0.605. The van der Waals surface area contributed by atoms with Crippen molar-refractivity contribution in [2.24, 2.45) is 5.92 Å². The van der Waals surface area contributed by atoms with Gasteiger partial charge in [0.15, 0.2) is 0 Å². The van der Waals surface area contributed by atoms with E-state index in [0.29, 0.717) is 34.7 Å². The summed E-state index contributed by atoms with van der Waals surface area (Å²) in [6.07, 6.45) is 3.20. The largest absolute Gasteiger partial charge is 0.397 e. The summed E-state index contributed by atoms with van der Waals surface area (Å²) in [6.45, 7) is 0.462. The van der Waals surface area contributed by atoms with Crippen LogP contribution in [0.1, 0.15) is 12.8 Å². The minimum Gasteiger partial charge on any atom is -0.397 e. The number of aliphatic hydroxyl groups excluding tert-OH is 1. The van der Waals surface area contributed by atoms with Gasteiger partial charge in [-0.15, -0.1) is 0 Å². The standard InChI is InChI=1S/C13H16N4O2/c14-9-3-8-10(16-6-17-13(8)19)4-11(9)15-5-12(18)7-1-2-7/h3-4,6-7,12,15,18H,1-2,5,14H2,(H,16,17,19). The molecule has 100 valence electrons. The zero-order chi connectivity index (χ0) is 13.4. The molecule has 1 aromatic carbocycles. The lowest BCUT2D eigenvalue weighted by atomic mass is 10.1. The fraction of sp³-hybridized carbons (Fsp3) is 0.385. The molecule has 6 heteroatoms. The summed E-state index contributed by atoms with van der Waals surface area (Å²) in [5.74, 6) is 0.412. The number of fused-ring (bicyclic) bond motifs is 1. The van der Waals surface area contributed by atoms with Crippen LogP contribution in [0.5, 0.6) is 0 Å². The Labute approximate surface area is 109 Å². The number of H-pyrrole nitrogens is 1. The molecule has 0 bridgehead atoms. The Balaban J connectivity index is 1.86. The van der Waals surface area contributed by atoms with Crippen LogP contribution in [0, 0.1) is 5.92 Å². The molecule has 0 radical (unpaired) electrons. The highest BCUT2D eigenvalue weighted by atomic mass is 16.3. The minimum absolute atomic E-state index is 0.207. The Morgan fingerprint density at radius 3 is 3.05 bits per heavy atom. The first kappa shape index (κ1) is 12.0. The van der Waals surface area contributed by atoms with E-state index in [1.165, 1.54) is 6.33 Å². The monoisotopic (exact) mass is 260 g/mol. The molecule has 1 aliphatic carbocycles. The highest BCUT2D eigenvalue weighted by Gasteiger charge is 2.29. The van der Waals surface area contributed by atoms with Crippen LogP contribution >= 0.6 is 0 Å². The number of nitrogens with one attached hydrogen (secondary N) is 2. The van der Waals surface area contributed by atoms with E-state index in [4.69, 9.17) is 5.73 Å². The van der Waals surface area contributed by atoms with Crippen molar-refractivity contribution in [3.05, 3.63) is 28.8 Å². The van der Waals surface area contributed by atoms with Gasteiger partial charge in [0, 0.05) is 6.54 Å². The highest BCUT2D eigenvalue weighted by molar-refractivity contribution is 5.88. The fourth-order valence-electron chi connectivity index (χ4n) is 2.15. The number of aliphatic hydroxyl groups is 1. The predicted octanol–water partition coefficient (Wildman–Crippen LogP) is 0.688. The lowest BCUT2D eigenvalue weighted by Crippen LogP contribution is -2.21. The van der Waals surface area contributed by atoms with E-state index in [9.17, 15) is 9.90 Å². The molecule has 1 saturated carbocycles. The predicted molar refractivity (Wildman–Crippen MR) is 74.0 cm³/mol. The zero-order valence-electron chi connectivity index (χ0n) is 10.4. The second-order valence-corrected chi connectivity index (χ2v) is 4.97. The number of hydrogen-bond acceptors (Lipinski definition) is 5. The molecule has 6 nitrogen and oxygen atoms in total. The van der Waals surface area contributed by atoms with Crippen LogP contribution in [0.2, 0.25) is 0 Å². The van der Waals surface area contributed by atoms with Crippen LogP contribution in [-0.4, -0.2) is 27.7 Å². The second kappa shape index (κ2) is 4.55. The van der Waals surface area contributed by atoms with Crippen molar-refractivity contribution in [2.75, 3.05) is 17.6 Å². The summed E-state index contributed by atoms with van der Waals surface area (Å²) in [5.41, 5.74) is 7.47. The van der Waals surface area contributed by atoms with Gasteiger partial charge in [-0.2, -0.15) is 0 Å². The number of benzene rings is 1. The van der Waals surface area contributed by atoms with Crippen LogP contribution < -0.4 is 16.6 Å². The smallest absolute Gasteiger partial charge is 0.258 e. The Morgan fingerprint density at radius 2 is 2.32 bits per heavy atom. The average Bonchev–Trinajstić information content (AvgIpc) is 3.21. The molecule has 0 saturated heterocycles. The van der Waals surface area contributed by atoms with Crippen LogP contribution in [0.25, 0.3) is 10.9 Å². The van der Waals surface area contributed by atoms with Crippen LogP contribution in [0.15, 0.2) is 23.3 Å². The van der Waals surface area contributed by atoms with Crippen LogP contribution in [0.3, 0.4) is 0 Å². The van der Waals surface area contributed by atoms with E-state index in [1.54, 1.807) is 12.1 Å². The van der Waals surface area contributed by atoms with Gasteiger partial charge in [0.05, 0.1) is 34.7 Å². The Morgan fingerprint density at radius 1 is 1.53 bits per heavy atom. The molecule has 1 aromatic heterocycles. The molecule has 1 heterocycles. The number of rotatable bonds is 4. The Bertz CT molecular complexity index is 663. The number of nitrogens with zero attached hydrogens (tertiary/aromatic N) is 1. The van der Waals surface area contributed by atoms with Crippen LogP contribution in [0.4, 0.5) is 11.4 Å². The fourth-order valence-corrected chi connectivity index (χ4v) is 2.15. The molecule has 3 rings (SSSR count). The van der Waals surface area contributed by atoms with E-state index >= 15 is 0 Å². The molecule has 0 aliphatic heterocycles. The number of nitrogen functional groups attached to an aromatic ring is 1. The van der Waals surface area contributed by atoms with Gasteiger partial charge in [-0.3, -0.25) is 4.79 Å². The number of nitrogens with two attached hydrogens (primary N) is 1. The third kappa shape index (κ3) is 2.39. The van der Waals surface area contributed by atoms with E-state index in [0.717, 1.165) is 12.8 Å². The van der Waals surface area contributed by atoms with E-state index in [-0.39, 0.29) is 11.7 Å². The molecule has 2 aromatic rings. The summed E-state index contributed by atoms with van der Waals surface area (Å²) >= 11 is 0. The average molecular weight is 260 g/mol. The molecule has 19 heavy (non-hydrogen) atoms. The van der Waals surface area contributed by atoms with Gasteiger partial charge in [0.25, 0.3) is 5.56 Å². The van der Waals surface area contributed by atoms with Crippen molar-refractivity contribution in [3.63, 3.8) is 0 Å². The lowest BCUT2D eigenvalue weighted by Gasteiger charge is -2.14. The molecule has 1 unspecified atom stereocenters. The maximum Gasteiger partial charge on any atom is 0.258 e. The van der Waals surface area contributed by atoms with Crippen LogP contribution in [-0.2, 0) is 0 Å². The van der Waals surface area contributed by atoms with Crippen molar-refractivity contribution >= 4 is 22.3 Å².